The Hall–Kier alpha value is 0.434. The zero-order valence-corrected chi connectivity index (χ0v) is 10.4. The summed E-state index contributed by atoms with van der Waals surface area (Å²) in [6.45, 7) is 9.75. The van der Waals surface area contributed by atoms with Crippen molar-refractivity contribution in [1.29, 1.82) is 0 Å². The Morgan fingerprint density at radius 2 is 1.70 bits per heavy atom. The molecule has 0 nitrogen and oxygen atoms in total. The highest BCUT2D eigenvalue weighted by atomic mass is 28.3. The van der Waals surface area contributed by atoms with Crippen LogP contribution < -0.4 is 0 Å². The molecule has 0 heterocycles. The smallest absolute Gasteiger partial charge is 0.0439 e. The normalized spacial score (nSPS) is 13.2. The zero-order valence-electron chi connectivity index (χ0n) is 8.04. The van der Waals surface area contributed by atoms with E-state index in [9.17, 15) is 0 Å². The summed E-state index contributed by atoms with van der Waals surface area (Å²) in [5.41, 5.74) is 0. The Bertz CT molecular complexity index is 73.8. The minimum atomic E-state index is -0.672. The summed E-state index contributed by atoms with van der Waals surface area (Å²) >= 11 is 0. The predicted molar refractivity (Wildman–Crippen MR) is 56.6 cm³/mol. The van der Waals surface area contributed by atoms with E-state index in [1.54, 1.807) is 18.1 Å². The molecule has 0 saturated heterocycles. The molecule has 0 saturated carbocycles. The lowest BCUT2D eigenvalue weighted by atomic mass is 10.6. The van der Waals surface area contributed by atoms with Gasteiger partial charge in [0.05, 0.1) is 0 Å². The van der Waals surface area contributed by atoms with Gasteiger partial charge in [0.1, 0.15) is 0 Å². The van der Waals surface area contributed by atoms with Crippen molar-refractivity contribution in [2.24, 2.45) is 0 Å². The molecule has 2 heteroatoms. The molecule has 0 bridgehead atoms. The lowest BCUT2D eigenvalue weighted by Crippen LogP contribution is -2.19. The van der Waals surface area contributed by atoms with E-state index in [1.165, 1.54) is 6.42 Å². The third-order valence-corrected chi connectivity index (χ3v) is 6.40. The summed E-state index contributed by atoms with van der Waals surface area (Å²) in [5, 5.41) is 0. The van der Waals surface area contributed by atoms with Crippen LogP contribution in [0, 0.1) is 0 Å². The molecule has 0 aliphatic heterocycles. The van der Waals surface area contributed by atoms with E-state index in [0.29, 0.717) is 9.52 Å². The SMILES string of the molecule is CCC[SiH2]CC[Si](C)(C)C. The van der Waals surface area contributed by atoms with Crippen molar-refractivity contribution in [3.05, 3.63) is 0 Å². The molecule has 0 aromatic rings. The minimum absolute atomic E-state index is 0.366. The second-order valence-electron chi connectivity index (χ2n) is 4.37. The first-order valence-corrected chi connectivity index (χ1v) is 10.3. The van der Waals surface area contributed by atoms with Crippen molar-refractivity contribution >= 4 is 17.6 Å². The fourth-order valence-corrected chi connectivity index (χ4v) is 7.18. The average Bonchev–Trinajstić information content (AvgIpc) is 1.78. The average molecular weight is 174 g/mol. The fraction of sp³-hybridized carbons (Fsp3) is 1.00. The molecule has 0 aromatic carbocycles. The van der Waals surface area contributed by atoms with E-state index in [-0.39, 0.29) is 0 Å². The molecule has 0 unspecified atom stereocenters. The molecule has 0 N–H and O–H groups in total. The van der Waals surface area contributed by atoms with E-state index in [2.05, 4.69) is 26.6 Å². The van der Waals surface area contributed by atoms with Gasteiger partial charge in [-0.1, -0.05) is 51.1 Å². The summed E-state index contributed by atoms with van der Waals surface area (Å²) in [7, 11) is -0.306. The molecular weight excluding hydrogens is 152 g/mol. The molecule has 0 spiro atoms. The first kappa shape index (κ1) is 10.4. The maximum atomic E-state index is 2.48. The molecule has 0 atom stereocenters. The quantitative estimate of drug-likeness (QED) is 0.444. The van der Waals surface area contributed by atoms with Gasteiger partial charge in [-0.15, -0.1) is 0 Å². The van der Waals surface area contributed by atoms with Gasteiger partial charge in [-0.05, 0) is 0 Å². The maximum Gasteiger partial charge on any atom is 0.0439 e. The van der Waals surface area contributed by atoms with E-state index >= 15 is 0 Å². The Morgan fingerprint density at radius 3 is 2.10 bits per heavy atom. The van der Waals surface area contributed by atoms with Gasteiger partial charge >= 0.3 is 0 Å². The first-order chi connectivity index (χ1) is 4.56. The number of hydrogen-bond donors (Lipinski definition) is 0. The van der Waals surface area contributed by atoms with E-state index < -0.39 is 8.07 Å². The topological polar surface area (TPSA) is 0 Å². The Balaban J connectivity index is 3.04. The van der Waals surface area contributed by atoms with E-state index in [4.69, 9.17) is 0 Å². The second kappa shape index (κ2) is 5.13. The van der Waals surface area contributed by atoms with Gasteiger partial charge in [-0.3, -0.25) is 0 Å². The third kappa shape index (κ3) is 8.43. The highest BCUT2D eigenvalue weighted by molar-refractivity contribution is 6.76. The van der Waals surface area contributed by atoms with Gasteiger partial charge in [0.2, 0.25) is 0 Å². The van der Waals surface area contributed by atoms with Crippen molar-refractivity contribution in [2.45, 2.75) is 51.1 Å². The molecule has 62 valence electrons. The van der Waals surface area contributed by atoms with Gasteiger partial charge in [0.15, 0.2) is 0 Å². The van der Waals surface area contributed by atoms with Crippen molar-refractivity contribution in [2.75, 3.05) is 0 Å². The van der Waals surface area contributed by atoms with E-state index in [0.717, 1.165) is 0 Å². The lowest BCUT2D eigenvalue weighted by molar-refractivity contribution is 1.06. The monoisotopic (exact) mass is 174 g/mol. The molecule has 0 aliphatic carbocycles. The molecule has 0 fully saturated rings. The molecule has 0 amide bonds. The third-order valence-electron chi connectivity index (χ3n) is 1.78. The van der Waals surface area contributed by atoms with Crippen LogP contribution in [0.15, 0.2) is 0 Å². The van der Waals surface area contributed by atoms with Crippen LogP contribution >= 0.6 is 0 Å². The number of hydrogen-bond acceptors (Lipinski definition) is 0. The molecular formula is C8H22Si2. The fourth-order valence-electron chi connectivity index (χ4n) is 1.08. The summed E-state index contributed by atoms with van der Waals surface area (Å²) in [4.78, 5) is 0. The van der Waals surface area contributed by atoms with Crippen molar-refractivity contribution in [1.82, 2.24) is 0 Å². The summed E-state index contributed by atoms with van der Waals surface area (Å²) in [6, 6.07) is 4.77. The van der Waals surface area contributed by atoms with Crippen molar-refractivity contribution < 1.29 is 0 Å². The van der Waals surface area contributed by atoms with Crippen LogP contribution in [0.2, 0.25) is 37.8 Å². The van der Waals surface area contributed by atoms with Crippen LogP contribution in [0.5, 0.6) is 0 Å². The van der Waals surface area contributed by atoms with Crippen LogP contribution in [0.25, 0.3) is 0 Å². The molecule has 0 rings (SSSR count). The van der Waals surface area contributed by atoms with Gasteiger partial charge in [-0.25, -0.2) is 0 Å². The molecule has 0 aliphatic rings. The Kier molecular flexibility index (Phi) is 5.36. The highest BCUT2D eigenvalue weighted by Gasteiger charge is 2.10. The Labute approximate surface area is 69.2 Å². The summed E-state index contributed by atoms with van der Waals surface area (Å²) in [5.74, 6) is 0. The van der Waals surface area contributed by atoms with Crippen LogP contribution in [0.4, 0.5) is 0 Å². The Morgan fingerprint density at radius 1 is 1.10 bits per heavy atom. The van der Waals surface area contributed by atoms with Gasteiger partial charge < -0.3 is 0 Å². The van der Waals surface area contributed by atoms with Gasteiger partial charge in [-0.2, -0.15) is 0 Å². The molecule has 0 aromatic heterocycles. The highest BCUT2D eigenvalue weighted by Crippen LogP contribution is 2.11. The summed E-state index contributed by atoms with van der Waals surface area (Å²) in [6.07, 6.45) is 1.43. The van der Waals surface area contributed by atoms with Gasteiger partial charge in [0, 0.05) is 17.6 Å². The van der Waals surface area contributed by atoms with Crippen LogP contribution in [0.3, 0.4) is 0 Å². The van der Waals surface area contributed by atoms with Crippen LogP contribution in [0.1, 0.15) is 13.3 Å². The van der Waals surface area contributed by atoms with Crippen LogP contribution in [-0.2, 0) is 0 Å². The maximum absolute atomic E-state index is 2.48. The first-order valence-electron chi connectivity index (χ1n) is 4.56. The minimum Gasteiger partial charge on any atom is -0.0696 e. The van der Waals surface area contributed by atoms with Gasteiger partial charge in [0.25, 0.3) is 0 Å². The molecule has 0 radical (unpaired) electrons. The second-order valence-corrected chi connectivity index (χ2v) is 12.1. The van der Waals surface area contributed by atoms with Crippen molar-refractivity contribution in [3.63, 3.8) is 0 Å². The van der Waals surface area contributed by atoms with Crippen LogP contribution in [-0.4, -0.2) is 17.6 Å². The molecule has 10 heavy (non-hydrogen) atoms. The van der Waals surface area contributed by atoms with E-state index in [1.807, 2.05) is 0 Å². The lowest BCUT2D eigenvalue weighted by Gasteiger charge is -2.14. The number of rotatable bonds is 5. The summed E-state index contributed by atoms with van der Waals surface area (Å²) < 4.78 is 0. The zero-order chi connectivity index (χ0) is 8.04. The standard InChI is InChI=1S/C8H22Si2/c1-5-6-9-7-8-10(2,3)4/h5-9H2,1-4H3. The largest absolute Gasteiger partial charge is 0.0696 e. The predicted octanol–water partition coefficient (Wildman–Crippen LogP) is 2.74. The van der Waals surface area contributed by atoms with Crippen molar-refractivity contribution in [3.8, 4) is 0 Å².